The van der Waals surface area contributed by atoms with E-state index < -0.39 is 0 Å². The molecule has 1 heteroatoms. The Bertz CT molecular complexity index is 302. The molecule has 1 aromatic heterocycles. The molecule has 0 bridgehead atoms. The van der Waals surface area contributed by atoms with E-state index in [2.05, 4.69) is 50.0 Å². The molecular weight excluding hydrogens is 206 g/mol. The summed E-state index contributed by atoms with van der Waals surface area (Å²) in [5.74, 6) is 0. The first-order valence-corrected chi connectivity index (χ1v) is 6.24. The van der Waals surface area contributed by atoms with Crippen molar-refractivity contribution in [3.63, 3.8) is 0 Å². The van der Waals surface area contributed by atoms with Crippen LogP contribution in [0.3, 0.4) is 0 Å². The van der Waals surface area contributed by atoms with Crippen molar-refractivity contribution < 1.29 is 0 Å². The van der Waals surface area contributed by atoms with Crippen molar-refractivity contribution >= 4 is 0 Å². The van der Waals surface area contributed by atoms with Crippen LogP contribution in [0.1, 0.15) is 32.8 Å². The molecule has 0 atom stereocenters. The summed E-state index contributed by atoms with van der Waals surface area (Å²) in [7, 11) is 0. The maximum atomic E-state index is 3.78. The van der Waals surface area contributed by atoms with Gasteiger partial charge in [0.2, 0.25) is 0 Å². The van der Waals surface area contributed by atoms with Crippen molar-refractivity contribution in [2.45, 2.75) is 33.6 Å². The maximum absolute atomic E-state index is 3.78. The molecule has 92 valence electrons. The first-order chi connectivity index (χ1) is 8.35. The second kappa shape index (κ2) is 12.4. The molecule has 0 saturated heterocycles. The lowest BCUT2D eigenvalue weighted by atomic mass is 10.2. The van der Waals surface area contributed by atoms with E-state index in [-0.39, 0.29) is 0 Å². The summed E-state index contributed by atoms with van der Waals surface area (Å²) in [6, 6.07) is 16.2. The maximum Gasteiger partial charge on any atom is 0.0267 e. The van der Waals surface area contributed by atoms with E-state index in [4.69, 9.17) is 0 Å². The molecule has 1 heterocycles. The third-order valence-corrected chi connectivity index (χ3v) is 1.82. The second-order valence-corrected chi connectivity index (χ2v) is 3.57. The summed E-state index contributed by atoms with van der Waals surface area (Å²) in [6.07, 6.45) is 5.89. The third kappa shape index (κ3) is 10.6. The van der Waals surface area contributed by atoms with E-state index in [1.807, 2.05) is 24.3 Å². The third-order valence-electron chi connectivity index (χ3n) is 1.82. The summed E-state index contributed by atoms with van der Waals surface area (Å²) < 4.78 is 0. The minimum atomic E-state index is 1.14. The molecule has 0 aliphatic heterocycles. The van der Waals surface area contributed by atoms with Crippen LogP contribution in [0.5, 0.6) is 0 Å². The zero-order valence-electron chi connectivity index (χ0n) is 11.1. The number of pyridine rings is 1. The fraction of sp³-hybridized carbons (Fsp3) is 0.312. The van der Waals surface area contributed by atoms with Crippen molar-refractivity contribution in [2.24, 2.45) is 0 Å². The minimum Gasteiger partial charge on any atom is -0.265 e. The monoisotopic (exact) mass is 229 g/mol. The summed E-state index contributed by atoms with van der Waals surface area (Å²) >= 11 is 0. The fourth-order valence-corrected chi connectivity index (χ4v) is 1.03. The average Bonchev–Trinajstić information content (AvgIpc) is 2.43. The first-order valence-electron chi connectivity index (χ1n) is 6.24. The van der Waals surface area contributed by atoms with E-state index >= 15 is 0 Å². The summed E-state index contributed by atoms with van der Waals surface area (Å²) in [5, 5.41) is 0. The van der Waals surface area contributed by atoms with Crippen LogP contribution >= 0.6 is 0 Å². The summed E-state index contributed by atoms with van der Waals surface area (Å²) in [4.78, 5) is 3.78. The van der Waals surface area contributed by atoms with Gasteiger partial charge in [-0.1, -0.05) is 63.6 Å². The van der Waals surface area contributed by atoms with Gasteiger partial charge in [-0.3, -0.25) is 4.98 Å². The van der Waals surface area contributed by atoms with E-state index in [0.717, 1.165) is 6.42 Å². The van der Waals surface area contributed by atoms with Crippen LogP contribution in [-0.2, 0) is 6.42 Å². The van der Waals surface area contributed by atoms with E-state index in [0.29, 0.717) is 0 Å². The Balaban J connectivity index is 0.000000252. The predicted octanol–water partition coefficient (Wildman–Crippen LogP) is 4.75. The molecule has 0 N–H and O–H groups in total. The van der Waals surface area contributed by atoms with Gasteiger partial charge >= 0.3 is 0 Å². The Labute approximate surface area is 106 Å². The minimum absolute atomic E-state index is 1.14. The smallest absolute Gasteiger partial charge is 0.0267 e. The predicted molar refractivity (Wildman–Crippen MR) is 76.0 cm³/mol. The normalized spacial score (nSPS) is 8.18. The molecule has 0 saturated carbocycles. The molecule has 2 rings (SSSR count). The van der Waals surface area contributed by atoms with Crippen LogP contribution in [-0.4, -0.2) is 4.98 Å². The average molecular weight is 229 g/mol. The number of aryl methyl sites for hydroxylation is 1. The van der Waals surface area contributed by atoms with Crippen LogP contribution < -0.4 is 0 Å². The molecule has 0 unspecified atom stereocenters. The zero-order chi connectivity index (χ0) is 12.8. The van der Waals surface area contributed by atoms with E-state index in [1.165, 1.54) is 12.0 Å². The van der Waals surface area contributed by atoms with Crippen LogP contribution in [0, 0.1) is 0 Å². The van der Waals surface area contributed by atoms with Gasteiger partial charge in [0.1, 0.15) is 0 Å². The number of hydrogen-bond acceptors (Lipinski definition) is 1. The number of nitrogens with zero attached hydrogens (tertiary/aromatic N) is 1. The summed E-state index contributed by atoms with van der Waals surface area (Å²) in [5.41, 5.74) is 1.41. The summed E-state index contributed by atoms with van der Waals surface area (Å²) in [6.45, 7) is 6.41. The van der Waals surface area contributed by atoms with Crippen LogP contribution in [0.4, 0.5) is 0 Å². The van der Waals surface area contributed by atoms with Crippen molar-refractivity contribution in [2.75, 3.05) is 0 Å². The van der Waals surface area contributed by atoms with Gasteiger partial charge in [0.05, 0.1) is 0 Å². The van der Waals surface area contributed by atoms with Gasteiger partial charge in [-0.15, -0.1) is 0 Å². The highest BCUT2D eigenvalue weighted by Crippen LogP contribution is 1.96. The highest BCUT2D eigenvalue weighted by atomic mass is 14.6. The molecule has 17 heavy (non-hydrogen) atoms. The molecule has 1 aromatic carbocycles. The lowest BCUT2D eigenvalue weighted by molar-refractivity contribution is 1.09. The molecule has 0 aliphatic rings. The molecule has 0 radical (unpaired) electrons. The van der Waals surface area contributed by atoms with Crippen molar-refractivity contribution in [1.29, 1.82) is 0 Å². The number of hydrogen-bond donors (Lipinski definition) is 0. The standard InChI is InChI=1S/C8H10.C5H5N.C3H8/c1-2-8-6-4-3-5-7-8;1-2-4-6-5-3-1;1-3-2/h3-7H,2H2,1H3;1-5H;3H2,1-2H3. The van der Waals surface area contributed by atoms with Crippen molar-refractivity contribution in [3.8, 4) is 0 Å². The fourth-order valence-electron chi connectivity index (χ4n) is 1.03. The Morgan fingerprint density at radius 1 is 0.765 bits per heavy atom. The topological polar surface area (TPSA) is 12.9 Å². The molecule has 0 aliphatic carbocycles. The number of benzene rings is 1. The van der Waals surface area contributed by atoms with Crippen molar-refractivity contribution in [3.05, 3.63) is 66.5 Å². The first kappa shape index (κ1) is 15.4. The molecule has 0 amide bonds. The molecule has 1 nitrogen and oxygen atoms in total. The quantitative estimate of drug-likeness (QED) is 0.688. The zero-order valence-corrected chi connectivity index (χ0v) is 11.1. The Hall–Kier alpha value is -1.63. The molecule has 0 spiro atoms. The van der Waals surface area contributed by atoms with Gasteiger partial charge in [0.25, 0.3) is 0 Å². The molecular formula is C16H23N. The lowest BCUT2D eigenvalue weighted by Gasteiger charge is -1.89. The van der Waals surface area contributed by atoms with E-state index in [1.54, 1.807) is 12.4 Å². The van der Waals surface area contributed by atoms with Gasteiger partial charge < -0.3 is 0 Å². The van der Waals surface area contributed by atoms with Crippen LogP contribution in [0.2, 0.25) is 0 Å². The van der Waals surface area contributed by atoms with Crippen LogP contribution in [0.25, 0.3) is 0 Å². The lowest BCUT2D eigenvalue weighted by Crippen LogP contribution is -1.73. The van der Waals surface area contributed by atoms with E-state index in [9.17, 15) is 0 Å². The van der Waals surface area contributed by atoms with Gasteiger partial charge in [-0.2, -0.15) is 0 Å². The number of aromatic nitrogens is 1. The number of rotatable bonds is 1. The van der Waals surface area contributed by atoms with Gasteiger partial charge in [-0.05, 0) is 24.1 Å². The van der Waals surface area contributed by atoms with Crippen molar-refractivity contribution in [1.82, 2.24) is 4.98 Å². The largest absolute Gasteiger partial charge is 0.265 e. The van der Waals surface area contributed by atoms with Gasteiger partial charge in [-0.25, -0.2) is 0 Å². The second-order valence-electron chi connectivity index (χ2n) is 3.57. The van der Waals surface area contributed by atoms with Gasteiger partial charge in [0.15, 0.2) is 0 Å². The Morgan fingerprint density at radius 3 is 1.47 bits per heavy atom. The SMILES string of the molecule is CCC.CCc1ccccc1.c1ccncc1. The van der Waals surface area contributed by atoms with Gasteiger partial charge in [0, 0.05) is 12.4 Å². The van der Waals surface area contributed by atoms with Crippen LogP contribution in [0.15, 0.2) is 60.9 Å². The molecule has 2 aromatic rings. The molecule has 0 fully saturated rings. The Morgan fingerprint density at radius 2 is 1.24 bits per heavy atom. The highest BCUT2D eigenvalue weighted by Gasteiger charge is 1.79. The highest BCUT2D eigenvalue weighted by molar-refractivity contribution is 5.13. The Kier molecular flexibility index (Phi) is 11.2.